The molecule has 2 fully saturated rings. The Morgan fingerprint density at radius 2 is 1.87 bits per heavy atom. The number of likely N-dealkylation sites (tertiary alicyclic amines) is 1. The van der Waals surface area contributed by atoms with E-state index in [1.54, 1.807) is 0 Å². The Morgan fingerprint density at radius 3 is 2.48 bits per heavy atom. The molecule has 2 N–H and O–H groups in total. The minimum Gasteiger partial charge on any atom is -0.391 e. The molecule has 23 heavy (non-hydrogen) atoms. The zero-order valence-corrected chi connectivity index (χ0v) is 13.7. The van der Waals surface area contributed by atoms with Crippen LogP contribution in [0.5, 0.6) is 0 Å². The lowest BCUT2D eigenvalue weighted by Crippen LogP contribution is -2.50. The number of anilines is 1. The number of alkyl halides is 3. The molecule has 1 saturated heterocycles. The summed E-state index contributed by atoms with van der Waals surface area (Å²) in [5.41, 5.74) is -0.826. The third-order valence-corrected chi connectivity index (χ3v) is 5.59. The van der Waals surface area contributed by atoms with Gasteiger partial charge in [-0.15, -0.1) is 11.3 Å². The van der Waals surface area contributed by atoms with Gasteiger partial charge in [0.25, 0.3) is 0 Å². The van der Waals surface area contributed by atoms with E-state index < -0.39 is 11.9 Å². The number of halogens is 3. The monoisotopic (exact) mass is 349 g/mol. The second kappa shape index (κ2) is 6.94. The molecule has 0 amide bonds. The highest BCUT2D eigenvalue weighted by Gasteiger charge is 2.34. The number of thiazole rings is 1. The first-order valence-corrected chi connectivity index (χ1v) is 9.03. The zero-order valence-electron chi connectivity index (χ0n) is 12.9. The van der Waals surface area contributed by atoms with Gasteiger partial charge in [0.2, 0.25) is 0 Å². The lowest BCUT2D eigenvalue weighted by molar-refractivity contribution is -0.140. The fraction of sp³-hybridized carbons (Fsp3) is 0.800. The van der Waals surface area contributed by atoms with Crippen LogP contribution >= 0.6 is 11.3 Å². The van der Waals surface area contributed by atoms with Crippen molar-refractivity contribution >= 4 is 16.5 Å². The van der Waals surface area contributed by atoms with Gasteiger partial charge in [-0.2, -0.15) is 13.2 Å². The van der Waals surface area contributed by atoms with Crippen molar-refractivity contribution in [2.75, 3.05) is 18.4 Å². The van der Waals surface area contributed by atoms with Crippen LogP contribution in [0.15, 0.2) is 5.38 Å². The normalized spacial score (nSPS) is 28.0. The molecule has 0 radical (unpaired) electrons. The predicted octanol–water partition coefficient (Wildman–Crippen LogP) is 3.34. The quantitative estimate of drug-likeness (QED) is 0.879. The van der Waals surface area contributed by atoms with Crippen molar-refractivity contribution < 1.29 is 18.3 Å². The van der Waals surface area contributed by atoms with E-state index in [4.69, 9.17) is 0 Å². The van der Waals surface area contributed by atoms with E-state index >= 15 is 0 Å². The highest BCUT2D eigenvalue weighted by Crippen LogP contribution is 2.32. The summed E-state index contributed by atoms with van der Waals surface area (Å²) < 4.78 is 37.7. The van der Waals surface area contributed by atoms with E-state index in [1.165, 1.54) is 6.42 Å². The number of hydrogen-bond donors (Lipinski definition) is 2. The minimum absolute atomic E-state index is 0.152. The highest BCUT2D eigenvalue weighted by atomic mass is 32.1. The van der Waals surface area contributed by atoms with Crippen LogP contribution in [0.3, 0.4) is 0 Å². The van der Waals surface area contributed by atoms with Crippen LogP contribution in [-0.2, 0) is 6.18 Å². The first-order chi connectivity index (χ1) is 10.9. The van der Waals surface area contributed by atoms with E-state index in [0.717, 1.165) is 61.9 Å². The molecule has 2 unspecified atom stereocenters. The Bertz CT molecular complexity index is 514. The first kappa shape index (κ1) is 17.0. The number of nitrogens with zero attached hydrogens (tertiary/aromatic N) is 2. The SMILES string of the molecule is OC1CCCCC1N1CCC(Nc2nc(C(F)(F)F)cs2)CC1. The first-order valence-electron chi connectivity index (χ1n) is 8.15. The van der Waals surface area contributed by atoms with Crippen LogP contribution in [0, 0.1) is 0 Å². The molecule has 2 aliphatic rings. The average Bonchev–Trinajstić information content (AvgIpc) is 2.97. The largest absolute Gasteiger partial charge is 0.434 e. The molecule has 3 rings (SSSR count). The van der Waals surface area contributed by atoms with Crippen LogP contribution in [0.1, 0.15) is 44.2 Å². The number of nitrogens with one attached hydrogen (secondary N) is 1. The Labute approximate surface area is 137 Å². The lowest BCUT2D eigenvalue weighted by atomic mass is 9.89. The third kappa shape index (κ3) is 4.16. The van der Waals surface area contributed by atoms with Gasteiger partial charge in [0.1, 0.15) is 0 Å². The van der Waals surface area contributed by atoms with Crippen molar-refractivity contribution in [3.05, 3.63) is 11.1 Å². The maximum Gasteiger partial charge on any atom is 0.434 e. The molecule has 1 aromatic rings. The van der Waals surface area contributed by atoms with E-state index in [9.17, 15) is 18.3 Å². The van der Waals surface area contributed by atoms with E-state index in [-0.39, 0.29) is 18.2 Å². The number of aliphatic hydroxyl groups excluding tert-OH is 1. The predicted molar refractivity (Wildman–Crippen MR) is 83.6 cm³/mol. The summed E-state index contributed by atoms with van der Waals surface area (Å²) in [5.74, 6) is 0. The zero-order chi connectivity index (χ0) is 16.4. The molecular weight excluding hydrogens is 327 g/mol. The summed E-state index contributed by atoms with van der Waals surface area (Å²) in [5, 5.41) is 14.6. The van der Waals surface area contributed by atoms with Gasteiger partial charge in [0.15, 0.2) is 10.8 Å². The molecule has 0 spiro atoms. The van der Waals surface area contributed by atoms with Gasteiger partial charge in [-0.3, -0.25) is 4.90 Å². The van der Waals surface area contributed by atoms with Crippen molar-refractivity contribution in [2.24, 2.45) is 0 Å². The Kier molecular flexibility index (Phi) is 5.13. The maximum absolute atomic E-state index is 12.6. The average molecular weight is 349 g/mol. The van der Waals surface area contributed by atoms with E-state index in [2.05, 4.69) is 15.2 Å². The second-order valence-electron chi connectivity index (χ2n) is 6.41. The molecule has 1 saturated carbocycles. The summed E-state index contributed by atoms with van der Waals surface area (Å²) >= 11 is 1.00. The van der Waals surface area contributed by atoms with Gasteiger partial charge in [0, 0.05) is 30.6 Å². The summed E-state index contributed by atoms with van der Waals surface area (Å²) in [6.07, 6.45) is 1.30. The molecule has 130 valence electrons. The maximum atomic E-state index is 12.6. The van der Waals surface area contributed by atoms with Gasteiger partial charge in [-0.05, 0) is 25.7 Å². The Balaban J connectivity index is 1.50. The van der Waals surface area contributed by atoms with E-state index in [1.807, 2.05) is 0 Å². The Hall–Kier alpha value is -0.860. The van der Waals surface area contributed by atoms with Gasteiger partial charge < -0.3 is 10.4 Å². The van der Waals surface area contributed by atoms with Crippen molar-refractivity contribution in [2.45, 2.75) is 62.9 Å². The van der Waals surface area contributed by atoms with Crippen LogP contribution < -0.4 is 5.32 Å². The number of aliphatic hydroxyl groups is 1. The fourth-order valence-corrected chi connectivity index (χ4v) is 4.33. The van der Waals surface area contributed by atoms with Crippen molar-refractivity contribution in [1.29, 1.82) is 0 Å². The lowest BCUT2D eigenvalue weighted by Gasteiger charge is -2.41. The van der Waals surface area contributed by atoms with Crippen LogP contribution in [0.2, 0.25) is 0 Å². The van der Waals surface area contributed by atoms with Gasteiger partial charge in [-0.25, -0.2) is 4.98 Å². The molecular formula is C15H22F3N3OS. The molecule has 2 heterocycles. The molecule has 1 aromatic heterocycles. The number of rotatable bonds is 3. The third-order valence-electron chi connectivity index (χ3n) is 4.81. The molecule has 8 heteroatoms. The molecule has 2 atom stereocenters. The molecule has 4 nitrogen and oxygen atoms in total. The van der Waals surface area contributed by atoms with Crippen LogP contribution in [0.4, 0.5) is 18.3 Å². The topological polar surface area (TPSA) is 48.4 Å². The summed E-state index contributed by atoms with van der Waals surface area (Å²) in [4.78, 5) is 5.96. The van der Waals surface area contributed by atoms with Crippen LogP contribution in [-0.4, -0.2) is 46.3 Å². The number of hydrogen-bond acceptors (Lipinski definition) is 5. The van der Waals surface area contributed by atoms with Crippen molar-refractivity contribution in [3.8, 4) is 0 Å². The minimum atomic E-state index is -4.38. The van der Waals surface area contributed by atoms with Gasteiger partial charge >= 0.3 is 6.18 Å². The van der Waals surface area contributed by atoms with Crippen molar-refractivity contribution in [3.63, 3.8) is 0 Å². The number of aromatic nitrogens is 1. The van der Waals surface area contributed by atoms with Crippen molar-refractivity contribution in [1.82, 2.24) is 9.88 Å². The molecule has 0 aromatic carbocycles. The second-order valence-corrected chi connectivity index (χ2v) is 7.27. The standard InChI is InChI=1S/C15H22F3N3OS/c16-15(17,18)13-9-23-14(20-13)19-10-5-7-21(8-6-10)11-3-1-2-4-12(11)22/h9-12,22H,1-8H2,(H,19,20). The summed E-state index contributed by atoms with van der Waals surface area (Å²) in [7, 11) is 0. The number of piperidine rings is 1. The molecule has 1 aliphatic carbocycles. The fourth-order valence-electron chi connectivity index (χ4n) is 3.54. The Morgan fingerprint density at radius 1 is 1.17 bits per heavy atom. The van der Waals surface area contributed by atoms with Gasteiger partial charge in [-0.1, -0.05) is 12.8 Å². The molecule has 1 aliphatic heterocycles. The highest BCUT2D eigenvalue weighted by molar-refractivity contribution is 7.13. The molecule has 0 bridgehead atoms. The van der Waals surface area contributed by atoms with Crippen LogP contribution in [0.25, 0.3) is 0 Å². The van der Waals surface area contributed by atoms with E-state index in [0.29, 0.717) is 5.13 Å². The smallest absolute Gasteiger partial charge is 0.391 e. The summed E-state index contributed by atoms with van der Waals surface area (Å²) in [6.45, 7) is 1.74. The summed E-state index contributed by atoms with van der Waals surface area (Å²) in [6, 6.07) is 0.403. The van der Waals surface area contributed by atoms with Gasteiger partial charge in [0.05, 0.1) is 6.10 Å².